The number of carbonyl (C=O) groups is 1. The van der Waals surface area contributed by atoms with Crippen LogP contribution in [-0.2, 0) is 6.42 Å². The van der Waals surface area contributed by atoms with Crippen LogP contribution in [0.4, 0.5) is 10.5 Å². The van der Waals surface area contributed by atoms with Gasteiger partial charge in [-0.3, -0.25) is 0 Å². The van der Waals surface area contributed by atoms with Gasteiger partial charge in [-0.25, -0.2) is 4.79 Å². The smallest absolute Gasteiger partial charge is 0.319 e. The SMILES string of the molecule is CCc1ccc(NC(=O)N[C@H](C)c2ccc3c(c2)OCO3)cc1. The van der Waals surface area contributed by atoms with E-state index in [1.54, 1.807) is 0 Å². The van der Waals surface area contributed by atoms with Crippen molar-refractivity contribution in [1.29, 1.82) is 0 Å². The van der Waals surface area contributed by atoms with Crippen molar-refractivity contribution in [2.45, 2.75) is 26.3 Å². The molecule has 2 aromatic carbocycles. The monoisotopic (exact) mass is 312 g/mol. The Balaban J connectivity index is 1.60. The van der Waals surface area contributed by atoms with E-state index in [0.29, 0.717) is 5.75 Å². The number of fused-ring (bicyclic) bond motifs is 1. The van der Waals surface area contributed by atoms with Gasteiger partial charge in [-0.05, 0) is 48.7 Å². The van der Waals surface area contributed by atoms with Crippen LogP contribution in [0.15, 0.2) is 42.5 Å². The molecule has 0 aliphatic carbocycles. The topological polar surface area (TPSA) is 59.6 Å². The predicted octanol–water partition coefficient (Wildman–Crippen LogP) is 3.86. The van der Waals surface area contributed by atoms with Crippen molar-refractivity contribution in [1.82, 2.24) is 5.32 Å². The maximum absolute atomic E-state index is 12.1. The summed E-state index contributed by atoms with van der Waals surface area (Å²) in [6.45, 7) is 4.27. The molecular formula is C18H20N2O3. The van der Waals surface area contributed by atoms with E-state index in [9.17, 15) is 4.79 Å². The van der Waals surface area contributed by atoms with Gasteiger partial charge in [0, 0.05) is 5.69 Å². The van der Waals surface area contributed by atoms with E-state index in [2.05, 4.69) is 17.6 Å². The molecule has 2 N–H and O–H groups in total. The lowest BCUT2D eigenvalue weighted by atomic mass is 10.1. The highest BCUT2D eigenvalue weighted by atomic mass is 16.7. The first kappa shape index (κ1) is 15.2. The van der Waals surface area contributed by atoms with Gasteiger partial charge >= 0.3 is 6.03 Å². The third kappa shape index (κ3) is 3.56. The van der Waals surface area contributed by atoms with Crippen LogP contribution in [0.3, 0.4) is 0 Å². The van der Waals surface area contributed by atoms with E-state index < -0.39 is 0 Å². The highest BCUT2D eigenvalue weighted by molar-refractivity contribution is 5.89. The van der Waals surface area contributed by atoms with Crippen molar-refractivity contribution in [3.63, 3.8) is 0 Å². The minimum Gasteiger partial charge on any atom is -0.454 e. The molecule has 3 rings (SSSR count). The number of amides is 2. The summed E-state index contributed by atoms with van der Waals surface area (Å²) in [6, 6.07) is 13.1. The Morgan fingerprint density at radius 3 is 2.61 bits per heavy atom. The molecule has 5 nitrogen and oxygen atoms in total. The number of hydrogen-bond donors (Lipinski definition) is 2. The van der Waals surface area contributed by atoms with Gasteiger partial charge in [0.25, 0.3) is 0 Å². The van der Waals surface area contributed by atoms with Crippen LogP contribution >= 0.6 is 0 Å². The summed E-state index contributed by atoms with van der Waals surface area (Å²) in [5.74, 6) is 1.45. The van der Waals surface area contributed by atoms with Crippen molar-refractivity contribution in [3.05, 3.63) is 53.6 Å². The van der Waals surface area contributed by atoms with Crippen molar-refractivity contribution in [3.8, 4) is 11.5 Å². The number of ether oxygens (including phenoxy) is 2. The van der Waals surface area contributed by atoms with Crippen molar-refractivity contribution in [2.24, 2.45) is 0 Å². The third-order valence-corrected chi connectivity index (χ3v) is 3.86. The molecule has 0 saturated carbocycles. The third-order valence-electron chi connectivity index (χ3n) is 3.86. The first-order valence-corrected chi connectivity index (χ1v) is 7.71. The summed E-state index contributed by atoms with van der Waals surface area (Å²) in [5, 5.41) is 5.76. The van der Waals surface area contributed by atoms with E-state index in [1.807, 2.05) is 49.4 Å². The second kappa shape index (κ2) is 6.60. The summed E-state index contributed by atoms with van der Waals surface area (Å²) in [7, 11) is 0. The molecule has 23 heavy (non-hydrogen) atoms. The van der Waals surface area contributed by atoms with Crippen LogP contribution < -0.4 is 20.1 Å². The molecule has 0 unspecified atom stereocenters. The van der Waals surface area contributed by atoms with E-state index in [0.717, 1.165) is 23.4 Å². The largest absolute Gasteiger partial charge is 0.454 e. The molecule has 1 heterocycles. The zero-order valence-corrected chi connectivity index (χ0v) is 13.3. The molecule has 0 radical (unpaired) electrons. The lowest BCUT2D eigenvalue weighted by Gasteiger charge is -2.15. The van der Waals surface area contributed by atoms with Gasteiger partial charge in [-0.1, -0.05) is 25.1 Å². The number of benzene rings is 2. The fraction of sp³-hybridized carbons (Fsp3) is 0.278. The molecule has 1 atom stereocenters. The van der Waals surface area contributed by atoms with Gasteiger partial charge in [-0.2, -0.15) is 0 Å². The average molecular weight is 312 g/mol. The van der Waals surface area contributed by atoms with Gasteiger partial charge in [0.15, 0.2) is 11.5 Å². The average Bonchev–Trinajstić information content (AvgIpc) is 3.03. The molecule has 0 aromatic heterocycles. The van der Waals surface area contributed by atoms with Gasteiger partial charge in [0.2, 0.25) is 6.79 Å². The van der Waals surface area contributed by atoms with Crippen LogP contribution in [0, 0.1) is 0 Å². The maximum Gasteiger partial charge on any atom is 0.319 e. The van der Waals surface area contributed by atoms with Crippen molar-refractivity contribution < 1.29 is 14.3 Å². The Kier molecular flexibility index (Phi) is 4.37. The minimum atomic E-state index is -0.237. The van der Waals surface area contributed by atoms with Crippen LogP contribution in [0.5, 0.6) is 11.5 Å². The zero-order valence-electron chi connectivity index (χ0n) is 13.3. The number of carbonyl (C=O) groups excluding carboxylic acids is 1. The molecule has 120 valence electrons. The van der Waals surface area contributed by atoms with Gasteiger partial charge in [-0.15, -0.1) is 0 Å². The molecule has 2 amide bonds. The highest BCUT2D eigenvalue weighted by Crippen LogP contribution is 2.34. The molecule has 5 heteroatoms. The van der Waals surface area contributed by atoms with Gasteiger partial charge < -0.3 is 20.1 Å². The summed E-state index contributed by atoms with van der Waals surface area (Å²) in [5.41, 5.74) is 2.98. The normalized spacial score (nSPS) is 13.5. The molecule has 0 spiro atoms. The van der Waals surface area contributed by atoms with E-state index >= 15 is 0 Å². The minimum absolute atomic E-state index is 0.139. The standard InChI is InChI=1S/C18H20N2O3/c1-3-13-4-7-15(8-5-13)20-18(21)19-12(2)14-6-9-16-17(10-14)23-11-22-16/h4-10,12H,3,11H2,1-2H3,(H2,19,20,21)/t12-/m1/s1. The van der Waals surface area contributed by atoms with E-state index in [-0.39, 0.29) is 18.9 Å². The Morgan fingerprint density at radius 1 is 1.13 bits per heavy atom. The fourth-order valence-electron chi connectivity index (χ4n) is 2.45. The Hall–Kier alpha value is -2.69. The van der Waals surface area contributed by atoms with Gasteiger partial charge in [0.1, 0.15) is 0 Å². The van der Waals surface area contributed by atoms with Crippen LogP contribution in [0.25, 0.3) is 0 Å². The number of urea groups is 1. The van der Waals surface area contributed by atoms with Crippen LogP contribution in [0.2, 0.25) is 0 Å². The molecule has 0 saturated heterocycles. The molecular weight excluding hydrogens is 292 g/mol. The zero-order chi connectivity index (χ0) is 16.2. The lowest BCUT2D eigenvalue weighted by molar-refractivity contribution is 0.174. The van der Waals surface area contributed by atoms with Gasteiger partial charge in [0.05, 0.1) is 6.04 Å². The molecule has 1 aliphatic rings. The summed E-state index contributed by atoms with van der Waals surface area (Å²) in [6.07, 6.45) is 0.980. The Bertz CT molecular complexity index is 698. The Labute approximate surface area is 135 Å². The number of rotatable bonds is 4. The maximum atomic E-state index is 12.1. The predicted molar refractivity (Wildman–Crippen MR) is 89.0 cm³/mol. The number of nitrogens with one attached hydrogen (secondary N) is 2. The van der Waals surface area contributed by atoms with Crippen molar-refractivity contribution >= 4 is 11.7 Å². The van der Waals surface area contributed by atoms with Crippen LogP contribution in [-0.4, -0.2) is 12.8 Å². The highest BCUT2D eigenvalue weighted by Gasteiger charge is 2.16. The summed E-state index contributed by atoms with van der Waals surface area (Å²) < 4.78 is 10.7. The van der Waals surface area contributed by atoms with E-state index in [1.165, 1.54) is 5.56 Å². The number of anilines is 1. The first-order valence-electron chi connectivity index (χ1n) is 7.71. The number of hydrogen-bond acceptors (Lipinski definition) is 3. The summed E-state index contributed by atoms with van der Waals surface area (Å²) in [4.78, 5) is 12.1. The van der Waals surface area contributed by atoms with Crippen molar-refractivity contribution in [2.75, 3.05) is 12.1 Å². The summed E-state index contributed by atoms with van der Waals surface area (Å²) >= 11 is 0. The molecule has 0 fully saturated rings. The second-order valence-electron chi connectivity index (χ2n) is 5.48. The quantitative estimate of drug-likeness (QED) is 0.901. The Morgan fingerprint density at radius 2 is 1.87 bits per heavy atom. The molecule has 0 bridgehead atoms. The number of aryl methyl sites for hydroxylation is 1. The second-order valence-corrected chi connectivity index (χ2v) is 5.48. The van der Waals surface area contributed by atoms with E-state index in [4.69, 9.17) is 9.47 Å². The molecule has 2 aromatic rings. The fourth-order valence-corrected chi connectivity index (χ4v) is 2.45. The van der Waals surface area contributed by atoms with Crippen LogP contribution in [0.1, 0.15) is 31.0 Å². The molecule has 1 aliphatic heterocycles. The first-order chi connectivity index (χ1) is 11.2. The lowest BCUT2D eigenvalue weighted by Crippen LogP contribution is -2.31.